The van der Waals surface area contributed by atoms with Gasteiger partial charge >= 0.3 is 0 Å². The number of nitrogens with one attached hydrogen (secondary N) is 1. The van der Waals surface area contributed by atoms with E-state index in [0.29, 0.717) is 25.1 Å². The zero-order chi connectivity index (χ0) is 26.7. The molecule has 8 heteroatoms. The van der Waals surface area contributed by atoms with Gasteiger partial charge in [-0.2, -0.15) is 0 Å². The standard InChI is InChI=1S/C30H39FN4O2S/c1-3-30(36)35(24-10-7-16-33-21-24)26-15-19-34(22-25(26)31)18-14-23-9-5-6-11-27(23)37-28(13-17-32-4-2)29-12-8-20-38-29/h5-12,16,20-21,25-26,28,32H,3-4,13-15,17-19,22H2,1-2H3/t25-,26+,28-/m1/s1. The van der Waals surface area contributed by atoms with Crippen molar-refractivity contribution in [2.24, 2.45) is 0 Å². The highest BCUT2D eigenvalue weighted by atomic mass is 32.1. The molecule has 0 unspecified atom stereocenters. The summed E-state index contributed by atoms with van der Waals surface area (Å²) in [5.41, 5.74) is 1.80. The third-order valence-corrected chi connectivity index (χ3v) is 8.02. The molecule has 1 fully saturated rings. The summed E-state index contributed by atoms with van der Waals surface area (Å²) >= 11 is 1.72. The van der Waals surface area contributed by atoms with E-state index in [9.17, 15) is 4.79 Å². The van der Waals surface area contributed by atoms with Crippen LogP contribution < -0.4 is 15.0 Å². The molecule has 38 heavy (non-hydrogen) atoms. The third kappa shape index (κ3) is 7.40. The predicted octanol–water partition coefficient (Wildman–Crippen LogP) is 5.66. The van der Waals surface area contributed by atoms with Crippen LogP contribution in [0.25, 0.3) is 0 Å². The molecule has 0 spiro atoms. The number of carbonyl (C=O) groups excluding carboxylic acids is 1. The number of thiophene rings is 1. The Bertz CT molecular complexity index is 1110. The normalized spacial score (nSPS) is 18.7. The SMILES string of the molecule is CCNCC[C@@H](Oc1ccccc1CCN1CC[C@H](N(C(=O)CC)c2cccnc2)[C@H](F)C1)c1cccs1. The van der Waals surface area contributed by atoms with Gasteiger partial charge in [-0.1, -0.05) is 38.1 Å². The fourth-order valence-electron chi connectivity index (χ4n) is 5.04. The van der Waals surface area contributed by atoms with Crippen molar-refractivity contribution in [1.29, 1.82) is 0 Å². The molecule has 0 radical (unpaired) electrons. The van der Waals surface area contributed by atoms with E-state index in [2.05, 4.69) is 45.7 Å². The highest BCUT2D eigenvalue weighted by Gasteiger charge is 2.36. The Morgan fingerprint density at radius 2 is 2.11 bits per heavy atom. The van der Waals surface area contributed by atoms with Crippen LogP contribution in [0.2, 0.25) is 0 Å². The van der Waals surface area contributed by atoms with E-state index in [1.807, 2.05) is 31.2 Å². The van der Waals surface area contributed by atoms with Gasteiger partial charge < -0.3 is 15.0 Å². The van der Waals surface area contributed by atoms with Crippen LogP contribution >= 0.6 is 11.3 Å². The molecule has 1 aromatic carbocycles. The lowest BCUT2D eigenvalue weighted by atomic mass is 9.99. The molecule has 1 aliphatic rings. The first-order valence-corrected chi connectivity index (χ1v) is 14.6. The molecule has 0 bridgehead atoms. The molecule has 2 aromatic heterocycles. The maximum absolute atomic E-state index is 15.5. The molecule has 3 aromatic rings. The Morgan fingerprint density at radius 3 is 2.82 bits per heavy atom. The van der Waals surface area contributed by atoms with Gasteiger partial charge in [0.2, 0.25) is 5.91 Å². The van der Waals surface area contributed by atoms with Crippen LogP contribution in [0.4, 0.5) is 10.1 Å². The van der Waals surface area contributed by atoms with Crippen molar-refractivity contribution in [2.75, 3.05) is 37.6 Å². The molecule has 204 valence electrons. The van der Waals surface area contributed by atoms with Crippen LogP contribution in [0.3, 0.4) is 0 Å². The number of pyridine rings is 1. The zero-order valence-corrected chi connectivity index (χ0v) is 23.2. The number of ether oxygens (including phenoxy) is 1. The van der Waals surface area contributed by atoms with E-state index in [1.54, 1.807) is 34.7 Å². The minimum absolute atomic E-state index is 0.00395. The van der Waals surface area contributed by atoms with Crippen molar-refractivity contribution >= 4 is 22.9 Å². The van der Waals surface area contributed by atoms with Crippen LogP contribution in [0.1, 0.15) is 49.7 Å². The number of aromatic nitrogens is 1. The van der Waals surface area contributed by atoms with Crippen molar-refractivity contribution in [2.45, 2.75) is 57.8 Å². The Balaban J connectivity index is 1.38. The van der Waals surface area contributed by atoms with E-state index in [1.165, 1.54) is 4.88 Å². The lowest BCUT2D eigenvalue weighted by molar-refractivity contribution is -0.119. The fraction of sp³-hybridized carbons (Fsp3) is 0.467. The number of hydrogen-bond donors (Lipinski definition) is 1. The number of likely N-dealkylation sites (tertiary alicyclic amines) is 1. The van der Waals surface area contributed by atoms with Crippen molar-refractivity contribution < 1.29 is 13.9 Å². The number of piperidine rings is 1. The van der Waals surface area contributed by atoms with Crippen LogP contribution in [-0.2, 0) is 11.2 Å². The highest BCUT2D eigenvalue weighted by molar-refractivity contribution is 7.10. The molecule has 1 amide bonds. The van der Waals surface area contributed by atoms with E-state index < -0.39 is 12.2 Å². The first-order chi connectivity index (χ1) is 18.6. The monoisotopic (exact) mass is 538 g/mol. The number of para-hydroxylation sites is 1. The summed E-state index contributed by atoms with van der Waals surface area (Å²) in [5.74, 6) is 0.824. The van der Waals surface area contributed by atoms with Crippen LogP contribution in [0.15, 0.2) is 66.3 Å². The summed E-state index contributed by atoms with van der Waals surface area (Å²) in [5, 5.41) is 5.49. The van der Waals surface area contributed by atoms with Crippen molar-refractivity contribution in [3.63, 3.8) is 0 Å². The molecule has 1 saturated heterocycles. The quantitative estimate of drug-likeness (QED) is 0.285. The molecule has 4 rings (SSSR count). The molecule has 1 aliphatic heterocycles. The average Bonchev–Trinajstić information content (AvgIpc) is 3.49. The number of alkyl halides is 1. The molecular formula is C30H39FN4O2S. The Morgan fingerprint density at radius 1 is 1.24 bits per heavy atom. The molecule has 1 N–H and O–H groups in total. The number of benzene rings is 1. The number of halogens is 1. The molecular weight excluding hydrogens is 499 g/mol. The van der Waals surface area contributed by atoms with Gasteiger partial charge in [0.25, 0.3) is 0 Å². The van der Waals surface area contributed by atoms with Crippen molar-refractivity contribution in [1.82, 2.24) is 15.2 Å². The van der Waals surface area contributed by atoms with E-state index >= 15 is 4.39 Å². The molecule has 0 saturated carbocycles. The maximum Gasteiger partial charge on any atom is 0.227 e. The van der Waals surface area contributed by atoms with Crippen molar-refractivity contribution in [3.05, 3.63) is 76.7 Å². The maximum atomic E-state index is 15.5. The van der Waals surface area contributed by atoms with Gasteiger partial charge in [-0.3, -0.25) is 14.7 Å². The highest BCUT2D eigenvalue weighted by Crippen LogP contribution is 2.31. The summed E-state index contributed by atoms with van der Waals surface area (Å²) in [6.45, 7) is 7.54. The zero-order valence-electron chi connectivity index (χ0n) is 22.4. The summed E-state index contributed by atoms with van der Waals surface area (Å²) in [4.78, 5) is 21.9. The smallest absolute Gasteiger partial charge is 0.227 e. The Hall–Kier alpha value is -2.81. The summed E-state index contributed by atoms with van der Waals surface area (Å²) < 4.78 is 22.1. The Labute approximate surface area is 229 Å². The number of rotatable bonds is 13. The first-order valence-electron chi connectivity index (χ1n) is 13.7. The number of carbonyl (C=O) groups is 1. The molecule has 3 heterocycles. The third-order valence-electron chi connectivity index (χ3n) is 7.05. The minimum Gasteiger partial charge on any atom is -0.485 e. The van der Waals surface area contributed by atoms with Gasteiger partial charge in [0.1, 0.15) is 18.0 Å². The van der Waals surface area contributed by atoms with Gasteiger partial charge in [0, 0.05) is 43.5 Å². The van der Waals surface area contributed by atoms with Gasteiger partial charge in [-0.25, -0.2) is 4.39 Å². The largest absolute Gasteiger partial charge is 0.485 e. The van der Waals surface area contributed by atoms with E-state index in [0.717, 1.165) is 50.3 Å². The lowest BCUT2D eigenvalue weighted by Gasteiger charge is -2.40. The van der Waals surface area contributed by atoms with Gasteiger partial charge in [-0.15, -0.1) is 11.3 Å². The minimum atomic E-state index is -1.12. The van der Waals surface area contributed by atoms with Gasteiger partial charge in [0.05, 0.1) is 17.9 Å². The fourth-order valence-corrected chi connectivity index (χ4v) is 5.83. The first kappa shape index (κ1) is 28.2. The summed E-state index contributed by atoms with van der Waals surface area (Å²) in [6.07, 6.45) is 4.77. The van der Waals surface area contributed by atoms with Crippen LogP contribution in [0, 0.1) is 0 Å². The second kappa shape index (κ2) is 14.4. The second-order valence-corrected chi connectivity index (χ2v) is 10.6. The number of amides is 1. The van der Waals surface area contributed by atoms with Crippen molar-refractivity contribution in [3.8, 4) is 5.75 Å². The molecule has 0 aliphatic carbocycles. The van der Waals surface area contributed by atoms with E-state index in [4.69, 9.17) is 4.74 Å². The second-order valence-electron chi connectivity index (χ2n) is 9.62. The summed E-state index contributed by atoms with van der Waals surface area (Å²) in [7, 11) is 0. The molecule has 3 atom stereocenters. The van der Waals surface area contributed by atoms with Gasteiger partial charge in [-0.05, 0) is 61.1 Å². The number of hydrogen-bond acceptors (Lipinski definition) is 6. The van der Waals surface area contributed by atoms with E-state index in [-0.39, 0.29) is 12.0 Å². The number of nitrogens with zero attached hydrogens (tertiary/aromatic N) is 3. The average molecular weight is 539 g/mol. The van der Waals surface area contributed by atoms with Crippen LogP contribution in [0.5, 0.6) is 5.75 Å². The Kier molecular flexibility index (Phi) is 10.7. The van der Waals surface area contributed by atoms with Gasteiger partial charge in [0.15, 0.2) is 0 Å². The number of anilines is 1. The topological polar surface area (TPSA) is 57.7 Å². The molecule has 6 nitrogen and oxygen atoms in total. The summed E-state index contributed by atoms with van der Waals surface area (Å²) in [6, 6.07) is 15.5. The van der Waals surface area contributed by atoms with Crippen LogP contribution in [-0.4, -0.2) is 60.7 Å². The lowest BCUT2D eigenvalue weighted by Crippen LogP contribution is -2.54. The predicted molar refractivity (Wildman–Crippen MR) is 153 cm³/mol.